The van der Waals surface area contributed by atoms with E-state index >= 15 is 0 Å². The largest absolute Gasteiger partial charge is 0.349 e. The molecule has 3 rings (SSSR count). The standard InChI is InChI=1S/C19H21NO2/c1-2-3-13-20-18(21)16-11-7-8-12-17(16)19(20)22-14-15-9-5-4-6-10-15/h4-12,19H,2-3,13-14H2,1H3/t19-/m1/s1. The van der Waals surface area contributed by atoms with Crippen LogP contribution in [0.25, 0.3) is 0 Å². The van der Waals surface area contributed by atoms with Gasteiger partial charge in [-0.1, -0.05) is 61.9 Å². The topological polar surface area (TPSA) is 29.5 Å². The lowest BCUT2D eigenvalue weighted by atomic mass is 10.1. The molecule has 22 heavy (non-hydrogen) atoms. The highest BCUT2D eigenvalue weighted by molar-refractivity contribution is 5.98. The zero-order chi connectivity index (χ0) is 15.4. The van der Waals surface area contributed by atoms with Gasteiger partial charge in [-0.3, -0.25) is 4.79 Å². The molecule has 0 aromatic heterocycles. The molecule has 1 aliphatic rings. The summed E-state index contributed by atoms with van der Waals surface area (Å²) in [6.07, 6.45) is 1.78. The van der Waals surface area contributed by atoms with Crippen LogP contribution in [0, 0.1) is 0 Å². The normalized spacial score (nSPS) is 16.9. The molecule has 0 bridgehead atoms. The van der Waals surface area contributed by atoms with Crippen molar-refractivity contribution in [1.29, 1.82) is 0 Å². The van der Waals surface area contributed by atoms with Gasteiger partial charge in [0.2, 0.25) is 0 Å². The quantitative estimate of drug-likeness (QED) is 0.801. The zero-order valence-corrected chi connectivity index (χ0v) is 12.9. The summed E-state index contributed by atoms with van der Waals surface area (Å²) in [5.41, 5.74) is 2.88. The number of hydrogen-bond acceptors (Lipinski definition) is 2. The number of amides is 1. The molecule has 3 heteroatoms. The van der Waals surface area contributed by atoms with Crippen LogP contribution >= 0.6 is 0 Å². The molecule has 0 unspecified atom stereocenters. The molecule has 0 N–H and O–H groups in total. The molecule has 1 amide bonds. The van der Waals surface area contributed by atoms with Gasteiger partial charge in [-0.25, -0.2) is 0 Å². The average Bonchev–Trinajstić information content (AvgIpc) is 2.84. The molecule has 1 aliphatic heterocycles. The lowest BCUT2D eigenvalue weighted by Crippen LogP contribution is -2.30. The van der Waals surface area contributed by atoms with E-state index in [9.17, 15) is 4.79 Å². The van der Waals surface area contributed by atoms with E-state index in [1.807, 2.05) is 59.5 Å². The predicted octanol–water partition coefficient (Wildman–Crippen LogP) is 4.16. The minimum absolute atomic E-state index is 0.0853. The van der Waals surface area contributed by atoms with Gasteiger partial charge in [0.25, 0.3) is 5.91 Å². The summed E-state index contributed by atoms with van der Waals surface area (Å²) in [5, 5.41) is 0. The Balaban J connectivity index is 1.80. The summed E-state index contributed by atoms with van der Waals surface area (Å²) in [6, 6.07) is 17.8. The highest BCUT2D eigenvalue weighted by atomic mass is 16.5. The average molecular weight is 295 g/mol. The van der Waals surface area contributed by atoms with E-state index in [2.05, 4.69) is 6.92 Å². The van der Waals surface area contributed by atoms with Crippen molar-refractivity contribution in [2.45, 2.75) is 32.6 Å². The molecule has 1 heterocycles. The third-order valence-electron chi connectivity index (χ3n) is 4.00. The molecular weight excluding hydrogens is 274 g/mol. The highest BCUT2D eigenvalue weighted by Gasteiger charge is 2.36. The molecule has 0 spiro atoms. The van der Waals surface area contributed by atoms with Crippen LogP contribution in [0.3, 0.4) is 0 Å². The Morgan fingerprint density at radius 3 is 2.55 bits per heavy atom. The van der Waals surface area contributed by atoms with Crippen LogP contribution in [0.4, 0.5) is 0 Å². The van der Waals surface area contributed by atoms with Crippen molar-refractivity contribution in [3.05, 3.63) is 71.3 Å². The van der Waals surface area contributed by atoms with Gasteiger partial charge in [0, 0.05) is 17.7 Å². The Labute approximate surface area is 131 Å². The second-order valence-electron chi connectivity index (χ2n) is 5.59. The summed E-state index contributed by atoms with van der Waals surface area (Å²) in [5.74, 6) is 0.0853. The summed E-state index contributed by atoms with van der Waals surface area (Å²) in [7, 11) is 0. The van der Waals surface area contributed by atoms with E-state index in [-0.39, 0.29) is 12.1 Å². The van der Waals surface area contributed by atoms with E-state index in [1.165, 1.54) is 0 Å². The summed E-state index contributed by atoms with van der Waals surface area (Å²) in [4.78, 5) is 14.4. The molecular formula is C19H21NO2. The third kappa shape index (κ3) is 2.90. The van der Waals surface area contributed by atoms with Crippen molar-refractivity contribution in [3.63, 3.8) is 0 Å². The van der Waals surface area contributed by atoms with Crippen LogP contribution < -0.4 is 0 Å². The van der Waals surface area contributed by atoms with Crippen molar-refractivity contribution >= 4 is 5.91 Å². The number of unbranched alkanes of at least 4 members (excludes halogenated alkanes) is 1. The number of carbonyl (C=O) groups is 1. The summed E-state index contributed by atoms with van der Waals surface area (Å²) < 4.78 is 6.10. The Bertz CT molecular complexity index is 639. The maximum atomic E-state index is 12.6. The van der Waals surface area contributed by atoms with Gasteiger partial charge >= 0.3 is 0 Å². The van der Waals surface area contributed by atoms with E-state index in [1.54, 1.807) is 0 Å². The SMILES string of the molecule is CCCCN1C(=O)c2ccccc2[C@H]1OCc1ccccc1. The lowest BCUT2D eigenvalue weighted by Gasteiger charge is -2.25. The van der Waals surface area contributed by atoms with Crippen molar-refractivity contribution < 1.29 is 9.53 Å². The van der Waals surface area contributed by atoms with Crippen molar-refractivity contribution in [2.75, 3.05) is 6.54 Å². The number of carbonyl (C=O) groups excluding carboxylic acids is 1. The van der Waals surface area contributed by atoms with Gasteiger partial charge in [0.1, 0.15) is 0 Å². The zero-order valence-electron chi connectivity index (χ0n) is 12.9. The van der Waals surface area contributed by atoms with Gasteiger partial charge in [0.05, 0.1) is 6.61 Å². The van der Waals surface area contributed by atoms with E-state index in [4.69, 9.17) is 4.74 Å². The smallest absolute Gasteiger partial charge is 0.256 e. The minimum Gasteiger partial charge on any atom is -0.349 e. The van der Waals surface area contributed by atoms with Crippen molar-refractivity contribution in [1.82, 2.24) is 4.90 Å². The number of nitrogens with zero attached hydrogens (tertiary/aromatic N) is 1. The first-order chi connectivity index (χ1) is 10.8. The van der Waals surface area contributed by atoms with Gasteiger partial charge in [0.15, 0.2) is 6.23 Å². The monoisotopic (exact) mass is 295 g/mol. The number of hydrogen-bond donors (Lipinski definition) is 0. The van der Waals surface area contributed by atoms with E-state index in [0.29, 0.717) is 6.61 Å². The van der Waals surface area contributed by atoms with Crippen LogP contribution in [-0.2, 0) is 11.3 Å². The molecule has 0 radical (unpaired) electrons. The number of benzene rings is 2. The van der Waals surface area contributed by atoms with E-state index in [0.717, 1.165) is 36.1 Å². The van der Waals surface area contributed by atoms with Crippen LogP contribution in [0.5, 0.6) is 0 Å². The molecule has 2 aromatic rings. The second-order valence-corrected chi connectivity index (χ2v) is 5.59. The summed E-state index contributed by atoms with van der Waals surface area (Å²) in [6.45, 7) is 3.38. The first-order valence-electron chi connectivity index (χ1n) is 7.86. The van der Waals surface area contributed by atoms with Gasteiger partial charge < -0.3 is 9.64 Å². The van der Waals surface area contributed by atoms with Crippen LogP contribution in [0.15, 0.2) is 54.6 Å². The first kappa shape index (κ1) is 14.8. The molecule has 3 nitrogen and oxygen atoms in total. The number of rotatable bonds is 6. The maximum absolute atomic E-state index is 12.6. The molecule has 1 atom stereocenters. The molecule has 0 fully saturated rings. The second kappa shape index (κ2) is 6.75. The van der Waals surface area contributed by atoms with Gasteiger partial charge in [-0.15, -0.1) is 0 Å². The fourth-order valence-corrected chi connectivity index (χ4v) is 2.81. The van der Waals surface area contributed by atoms with Gasteiger partial charge in [-0.2, -0.15) is 0 Å². The minimum atomic E-state index is -0.268. The molecule has 0 saturated heterocycles. The fourth-order valence-electron chi connectivity index (χ4n) is 2.81. The molecule has 114 valence electrons. The third-order valence-corrected chi connectivity index (χ3v) is 4.00. The number of ether oxygens (including phenoxy) is 1. The van der Waals surface area contributed by atoms with Gasteiger partial charge in [-0.05, 0) is 18.1 Å². The highest BCUT2D eigenvalue weighted by Crippen LogP contribution is 2.35. The molecule has 0 saturated carbocycles. The molecule has 2 aromatic carbocycles. The fraction of sp³-hybridized carbons (Fsp3) is 0.316. The van der Waals surface area contributed by atoms with Crippen molar-refractivity contribution in [3.8, 4) is 0 Å². The Morgan fingerprint density at radius 2 is 1.77 bits per heavy atom. The predicted molar refractivity (Wildman–Crippen MR) is 86.4 cm³/mol. The Morgan fingerprint density at radius 1 is 1.05 bits per heavy atom. The molecule has 0 aliphatic carbocycles. The van der Waals surface area contributed by atoms with Crippen molar-refractivity contribution in [2.24, 2.45) is 0 Å². The first-order valence-corrected chi connectivity index (χ1v) is 7.86. The Kier molecular flexibility index (Phi) is 4.54. The lowest BCUT2D eigenvalue weighted by molar-refractivity contribution is -0.0488. The maximum Gasteiger partial charge on any atom is 0.256 e. The van der Waals surface area contributed by atoms with Crippen LogP contribution in [0.1, 0.15) is 47.5 Å². The van der Waals surface area contributed by atoms with Crippen LogP contribution in [0.2, 0.25) is 0 Å². The summed E-state index contributed by atoms with van der Waals surface area (Å²) >= 11 is 0. The number of fused-ring (bicyclic) bond motifs is 1. The van der Waals surface area contributed by atoms with E-state index < -0.39 is 0 Å². The Hall–Kier alpha value is -2.13. The van der Waals surface area contributed by atoms with Crippen LogP contribution in [-0.4, -0.2) is 17.4 Å².